The van der Waals surface area contributed by atoms with Gasteiger partial charge in [0.05, 0.1) is 30.0 Å². The second-order valence-electron chi connectivity index (χ2n) is 10.5. The standard InChI is InChI=1S/C29H33F5N4O2/c1-2-38-26(40-24-8-6-21(7-9-24)29(32,33)34)17-25(37-38)20-4-3-5-22(16-20)27(18-39-19-27)36-15-14-35-23-10-12-28(30,31)13-11-23/h3-9,16-17,23,35-36H,2,10-15,18-19H2,1H3. The fourth-order valence-corrected chi connectivity index (χ4v) is 5.16. The van der Waals surface area contributed by atoms with Crippen LogP contribution in [-0.4, -0.2) is 48.0 Å². The number of aryl methyl sites for hydroxylation is 1. The van der Waals surface area contributed by atoms with Gasteiger partial charge in [0.2, 0.25) is 11.8 Å². The lowest BCUT2D eigenvalue weighted by atomic mass is 9.86. The molecule has 1 saturated heterocycles. The molecular formula is C29H33F5N4O2. The first-order chi connectivity index (χ1) is 19.1. The van der Waals surface area contributed by atoms with Crippen molar-refractivity contribution >= 4 is 0 Å². The van der Waals surface area contributed by atoms with Crippen molar-refractivity contribution in [2.75, 3.05) is 26.3 Å². The molecule has 1 aliphatic carbocycles. The van der Waals surface area contributed by atoms with Gasteiger partial charge in [0.15, 0.2) is 0 Å². The van der Waals surface area contributed by atoms with Gasteiger partial charge in [0, 0.05) is 50.1 Å². The molecule has 1 aromatic heterocycles. The highest BCUT2D eigenvalue weighted by Crippen LogP contribution is 2.35. The van der Waals surface area contributed by atoms with Gasteiger partial charge >= 0.3 is 6.18 Å². The molecule has 5 rings (SSSR count). The Kier molecular flexibility index (Phi) is 8.17. The molecule has 2 N–H and O–H groups in total. The minimum atomic E-state index is -4.41. The molecule has 40 heavy (non-hydrogen) atoms. The summed E-state index contributed by atoms with van der Waals surface area (Å²) in [6, 6.07) is 14.4. The number of nitrogens with zero attached hydrogens (tertiary/aromatic N) is 2. The molecule has 1 saturated carbocycles. The first-order valence-corrected chi connectivity index (χ1v) is 13.5. The zero-order chi connectivity index (χ0) is 28.4. The molecule has 2 fully saturated rings. The summed E-state index contributed by atoms with van der Waals surface area (Å²) in [6.07, 6.45) is -3.57. The molecule has 11 heteroatoms. The van der Waals surface area contributed by atoms with Crippen molar-refractivity contribution in [1.29, 1.82) is 0 Å². The first-order valence-electron chi connectivity index (χ1n) is 13.5. The molecule has 2 heterocycles. The smallest absolute Gasteiger partial charge is 0.416 e. The normalized spacial score (nSPS) is 18.9. The summed E-state index contributed by atoms with van der Waals surface area (Å²) < 4.78 is 78.6. The van der Waals surface area contributed by atoms with Crippen LogP contribution in [0.2, 0.25) is 0 Å². The zero-order valence-corrected chi connectivity index (χ0v) is 22.2. The third-order valence-electron chi connectivity index (χ3n) is 7.59. The average molecular weight is 565 g/mol. The van der Waals surface area contributed by atoms with Crippen LogP contribution in [0.3, 0.4) is 0 Å². The lowest BCUT2D eigenvalue weighted by Gasteiger charge is -2.43. The van der Waals surface area contributed by atoms with Crippen LogP contribution in [0.1, 0.15) is 43.7 Å². The van der Waals surface area contributed by atoms with Crippen molar-refractivity contribution < 1.29 is 31.4 Å². The maximum Gasteiger partial charge on any atom is 0.416 e. The van der Waals surface area contributed by atoms with Crippen molar-refractivity contribution in [1.82, 2.24) is 20.4 Å². The van der Waals surface area contributed by atoms with Gasteiger partial charge in [-0.25, -0.2) is 13.5 Å². The Bertz CT molecular complexity index is 1280. The van der Waals surface area contributed by atoms with Crippen LogP contribution in [0.5, 0.6) is 11.6 Å². The number of ether oxygens (including phenoxy) is 2. The number of nitrogens with one attached hydrogen (secondary N) is 2. The lowest BCUT2D eigenvalue weighted by Crippen LogP contribution is -2.58. The third kappa shape index (κ3) is 6.47. The number of halogens is 5. The largest absolute Gasteiger partial charge is 0.439 e. The fraction of sp³-hybridized carbons (Fsp3) is 0.483. The summed E-state index contributed by atoms with van der Waals surface area (Å²) in [5.74, 6) is -1.82. The van der Waals surface area contributed by atoms with Gasteiger partial charge < -0.3 is 20.1 Å². The molecule has 216 valence electrons. The van der Waals surface area contributed by atoms with Crippen molar-refractivity contribution in [2.45, 2.75) is 62.8 Å². The lowest BCUT2D eigenvalue weighted by molar-refractivity contribution is -0.137. The molecule has 2 aromatic carbocycles. The van der Waals surface area contributed by atoms with E-state index in [1.54, 1.807) is 10.7 Å². The maximum atomic E-state index is 13.4. The van der Waals surface area contributed by atoms with E-state index in [1.807, 2.05) is 25.1 Å². The average Bonchev–Trinajstić information content (AvgIpc) is 3.31. The number of rotatable bonds is 10. The quantitative estimate of drug-likeness (QED) is 0.222. The van der Waals surface area contributed by atoms with E-state index in [-0.39, 0.29) is 30.2 Å². The Morgan fingerprint density at radius 2 is 1.75 bits per heavy atom. The van der Waals surface area contributed by atoms with Gasteiger partial charge in [-0.15, -0.1) is 0 Å². The topological polar surface area (TPSA) is 60.3 Å². The van der Waals surface area contributed by atoms with Gasteiger partial charge in [-0.2, -0.15) is 18.3 Å². The maximum absolute atomic E-state index is 13.4. The van der Waals surface area contributed by atoms with E-state index in [4.69, 9.17) is 9.47 Å². The van der Waals surface area contributed by atoms with Crippen LogP contribution >= 0.6 is 0 Å². The molecule has 0 atom stereocenters. The zero-order valence-electron chi connectivity index (χ0n) is 22.2. The van der Waals surface area contributed by atoms with Crippen molar-refractivity contribution in [3.05, 3.63) is 65.7 Å². The van der Waals surface area contributed by atoms with Gasteiger partial charge in [-0.1, -0.05) is 18.2 Å². The van der Waals surface area contributed by atoms with Crippen LogP contribution in [0.25, 0.3) is 11.3 Å². The minimum Gasteiger partial charge on any atom is -0.439 e. The van der Waals surface area contributed by atoms with Crippen LogP contribution in [-0.2, 0) is 23.0 Å². The Balaban J connectivity index is 1.24. The van der Waals surface area contributed by atoms with E-state index < -0.39 is 17.7 Å². The fourth-order valence-electron chi connectivity index (χ4n) is 5.16. The Morgan fingerprint density at radius 3 is 2.38 bits per heavy atom. The molecule has 3 aromatic rings. The monoisotopic (exact) mass is 564 g/mol. The van der Waals surface area contributed by atoms with Gasteiger partial charge in [0.1, 0.15) is 5.75 Å². The Labute approximate surface area is 229 Å². The summed E-state index contributed by atoms with van der Waals surface area (Å²) >= 11 is 0. The molecular weight excluding hydrogens is 531 g/mol. The first kappa shape index (κ1) is 28.5. The van der Waals surface area contributed by atoms with Gasteiger partial charge in [-0.3, -0.25) is 0 Å². The number of hydrogen-bond acceptors (Lipinski definition) is 5. The molecule has 0 amide bonds. The van der Waals surface area contributed by atoms with E-state index in [9.17, 15) is 22.0 Å². The van der Waals surface area contributed by atoms with Crippen LogP contribution in [0.4, 0.5) is 22.0 Å². The van der Waals surface area contributed by atoms with E-state index in [2.05, 4.69) is 21.8 Å². The number of aromatic nitrogens is 2. The predicted molar refractivity (Wildman–Crippen MR) is 141 cm³/mol. The summed E-state index contributed by atoms with van der Waals surface area (Å²) in [6.45, 7) is 4.78. The second-order valence-corrected chi connectivity index (χ2v) is 10.5. The van der Waals surface area contributed by atoms with Crippen LogP contribution in [0.15, 0.2) is 54.6 Å². The third-order valence-corrected chi connectivity index (χ3v) is 7.59. The van der Waals surface area contributed by atoms with E-state index in [0.29, 0.717) is 57.3 Å². The Morgan fingerprint density at radius 1 is 1.02 bits per heavy atom. The molecule has 0 radical (unpaired) electrons. The number of alkyl halides is 5. The minimum absolute atomic E-state index is 0.0620. The predicted octanol–water partition coefficient (Wildman–Crippen LogP) is 6.36. The highest BCUT2D eigenvalue weighted by atomic mass is 19.4. The van der Waals surface area contributed by atoms with Crippen LogP contribution in [0, 0.1) is 0 Å². The summed E-state index contributed by atoms with van der Waals surface area (Å²) in [4.78, 5) is 0. The highest BCUT2D eigenvalue weighted by Gasteiger charge is 2.40. The van der Waals surface area contributed by atoms with Crippen LogP contribution < -0.4 is 15.4 Å². The Hall–Kier alpha value is -3.02. The molecule has 0 bridgehead atoms. The molecule has 6 nitrogen and oxygen atoms in total. The molecule has 0 unspecified atom stereocenters. The summed E-state index contributed by atoms with van der Waals surface area (Å²) in [7, 11) is 0. The number of hydrogen-bond donors (Lipinski definition) is 2. The molecule has 1 aliphatic heterocycles. The molecule has 2 aliphatic rings. The van der Waals surface area contributed by atoms with Crippen molar-refractivity contribution in [3.8, 4) is 22.9 Å². The van der Waals surface area contributed by atoms with E-state index in [1.165, 1.54) is 12.1 Å². The van der Waals surface area contributed by atoms with Crippen molar-refractivity contribution in [2.24, 2.45) is 0 Å². The highest BCUT2D eigenvalue weighted by molar-refractivity contribution is 5.62. The SMILES string of the molecule is CCn1nc(-c2cccc(C3(NCCNC4CCC(F)(F)CC4)COC3)c2)cc1Oc1ccc(C(F)(F)F)cc1. The van der Waals surface area contributed by atoms with Gasteiger partial charge in [-0.05, 0) is 55.7 Å². The second kappa shape index (κ2) is 11.5. The van der Waals surface area contributed by atoms with Crippen molar-refractivity contribution in [3.63, 3.8) is 0 Å². The molecule has 0 spiro atoms. The summed E-state index contributed by atoms with van der Waals surface area (Å²) in [5.41, 5.74) is 1.50. The summed E-state index contributed by atoms with van der Waals surface area (Å²) in [5, 5.41) is 11.6. The van der Waals surface area contributed by atoms with E-state index >= 15 is 0 Å². The number of benzene rings is 2. The van der Waals surface area contributed by atoms with Gasteiger partial charge in [0.25, 0.3) is 0 Å². The van der Waals surface area contributed by atoms with E-state index in [0.717, 1.165) is 23.3 Å².